The summed E-state index contributed by atoms with van der Waals surface area (Å²) in [5.41, 5.74) is 3.78. The summed E-state index contributed by atoms with van der Waals surface area (Å²) in [6, 6.07) is 14.8. The molecule has 0 aliphatic rings. The smallest absolute Gasteiger partial charge is 0.0645 e. The number of aryl methyl sites for hydroxylation is 1. The van der Waals surface area contributed by atoms with Gasteiger partial charge in [-0.2, -0.15) is 0 Å². The van der Waals surface area contributed by atoms with E-state index in [9.17, 15) is 0 Å². The first-order valence-electron chi connectivity index (χ1n) is 5.23. The Morgan fingerprint density at radius 3 is 2.06 bits per heavy atom. The fraction of sp³-hybridized carbons (Fsp3) is 0.143. The Morgan fingerprint density at radius 1 is 0.824 bits per heavy atom. The second-order valence-corrected chi connectivity index (χ2v) is 6.72. The Hall–Kier alpha value is -0.120. The van der Waals surface area contributed by atoms with Crippen LogP contribution >= 0.6 is 47.8 Å². The van der Waals surface area contributed by atoms with E-state index in [1.54, 1.807) is 0 Å². The zero-order chi connectivity index (χ0) is 12.4. The molecule has 0 spiro atoms. The minimum absolute atomic E-state index is 0.229. The SMILES string of the molecule is Cc1cc(Br)cc(C(Br)c2ccc(Br)cc2)c1. The van der Waals surface area contributed by atoms with Gasteiger partial charge in [0.25, 0.3) is 0 Å². The van der Waals surface area contributed by atoms with E-state index in [2.05, 4.69) is 97.2 Å². The molecule has 0 radical (unpaired) electrons. The van der Waals surface area contributed by atoms with Crippen LogP contribution in [0.2, 0.25) is 0 Å². The van der Waals surface area contributed by atoms with Gasteiger partial charge in [-0.05, 0) is 47.9 Å². The van der Waals surface area contributed by atoms with Gasteiger partial charge in [0, 0.05) is 8.95 Å². The van der Waals surface area contributed by atoms with E-state index in [1.807, 2.05) is 0 Å². The van der Waals surface area contributed by atoms with Crippen LogP contribution < -0.4 is 0 Å². The van der Waals surface area contributed by atoms with Gasteiger partial charge in [-0.25, -0.2) is 0 Å². The van der Waals surface area contributed by atoms with E-state index in [1.165, 1.54) is 16.7 Å². The summed E-state index contributed by atoms with van der Waals surface area (Å²) in [5.74, 6) is 0. The summed E-state index contributed by atoms with van der Waals surface area (Å²) in [5, 5.41) is 0. The van der Waals surface area contributed by atoms with Crippen molar-refractivity contribution >= 4 is 47.8 Å². The molecule has 0 N–H and O–H groups in total. The number of hydrogen-bond donors (Lipinski definition) is 0. The third-order valence-electron chi connectivity index (χ3n) is 2.52. The van der Waals surface area contributed by atoms with Gasteiger partial charge in [-0.15, -0.1) is 0 Å². The highest BCUT2D eigenvalue weighted by molar-refractivity contribution is 9.10. The molecule has 0 heterocycles. The number of alkyl halides is 1. The van der Waals surface area contributed by atoms with E-state index in [4.69, 9.17) is 0 Å². The molecule has 3 heteroatoms. The molecule has 0 fully saturated rings. The van der Waals surface area contributed by atoms with Crippen molar-refractivity contribution < 1.29 is 0 Å². The lowest BCUT2D eigenvalue weighted by atomic mass is 10.0. The second kappa shape index (κ2) is 5.68. The highest BCUT2D eigenvalue weighted by atomic mass is 79.9. The topological polar surface area (TPSA) is 0 Å². The van der Waals surface area contributed by atoms with Crippen molar-refractivity contribution in [3.8, 4) is 0 Å². The molecular weight excluding hydrogens is 408 g/mol. The van der Waals surface area contributed by atoms with Crippen LogP contribution in [0, 0.1) is 6.92 Å². The first kappa shape index (κ1) is 13.3. The second-order valence-electron chi connectivity index (χ2n) is 3.98. The van der Waals surface area contributed by atoms with Gasteiger partial charge < -0.3 is 0 Å². The molecule has 0 bridgehead atoms. The largest absolute Gasteiger partial charge is 0.0786 e. The van der Waals surface area contributed by atoms with Crippen LogP contribution in [0.25, 0.3) is 0 Å². The average molecular weight is 419 g/mol. The molecule has 2 aromatic rings. The minimum Gasteiger partial charge on any atom is -0.0786 e. The van der Waals surface area contributed by atoms with Crippen molar-refractivity contribution in [3.63, 3.8) is 0 Å². The minimum atomic E-state index is 0.229. The predicted molar refractivity (Wildman–Crippen MR) is 83.8 cm³/mol. The zero-order valence-corrected chi connectivity index (χ0v) is 14.0. The Morgan fingerprint density at radius 2 is 1.47 bits per heavy atom. The zero-order valence-electron chi connectivity index (χ0n) is 9.25. The molecule has 0 amide bonds. The van der Waals surface area contributed by atoms with Crippen LogP contribution in [-0.2, 0) is 0 Å². The van der Waals surface area contributed by atoms with E-state index in [0.29, 0.717) is 0 Å². The van der Waals surface area contributed by atoms with Crippen LogP contribution in [0.4, 0.5) is 0 Å². The molecule has 0 saturated heterocycles. The first-order valence-corrected chi connectivity index (χ1v) is 7.73. The van der Waals surface area contributed by atoms with Crippen LogP contribution in [0.5, 0.6) is 0 Å². The van der Waals surface area contributed by atoms with E-state index >= 15 is 0 Å². The lowest BCUT2D eigenvalue weighted by molar-refractivity contribution is 1.16. The quantitative estimate of drug-likeness (QED) is 0.524. The lowest BCUT2D eigenvalue weighted by Gasteiger charge is -2.12. The van der Waals surface area contributed by atoms with Crippen LogP contribution in [0.1, 0.15) is 21.5 Å². The number of benzene rings is 2. The molecule has 0 aliphatic heterocycles. The molecule has 1 atom stereocenters. The Bertz CT molecular complexity index is 497. The van der Waals surface area contributed by atoms with Gasteiger partial charge in [0.2, 0.25) is 0 Å². The van der Waals surface area contributed by atoms with E-state index < -0.39 is 0 Å². The molecule has 0 aliphatic carbocycles. The third-order valence-corrected chi connectivity index (χ3v) is 4.56. The molecule has 2 aromatic carbocycles. The molecular formula is C14H11Br3. The lowest BCUT2D eigenvalue weighted by Crippen LogP contribution is -1.93. The van der Waals surface area contributed by atoms with Gasteiger partial charge >= 0.3 is 0 Å². The predicted octanol–water partition coefficient (Wildman–Crippen LogP) is 6.00. The Labute approximate surface area is 127 Å². The fourth-order valence-corrected chi connectivity index (χ4v) is 3.19. The van der Waals surface area contributed by atoms with Crippen LogP contribution in [-0.4, -0.2) is 0 Å². The maximum absolute atomic E-state index is 3.75. The standard InChI is InChI=1S/C14H11Br3/c1-9-6-11(8-13(16)7-9)14(17)10-2-4-12(15)5-3-10/h2-8,14H,1H3. The highest BCUT2D eigenvalue weighted by Crippen LogP contribution is 2.33. The summed E-state index contributed by atoms with van der Waals surface area (Å²) in [6.07, 6.45) is 0. The van der Waals surface area contributed by atoms with Crippen LogP contribution in [0.15, 0.2) is 51.4 Å². The Balaban J connectivity index is 2.36. The highest BCUT2D eigenvalue weighted by Gasteiger charge is 2.11. The summed E-state index contributed by atoms with van der Waals surface area (Å²) in [6.45, 7) is 2.11. The number of rotatable bonds is 2. The van der Waals surface area contributed by atoms with Gasteiger partial charge in [-0.1, -0.05) is 66.0 Å². The van der Waals surface area contributed by atoms with E-state index in [-0.39, 0.29) is 4.83 Å². The van der Waals surface area contributed by atoms with Gasteiger partial charge in [-0.3, -0.25) is 0 Å². The fourth-order valence-electron chi connectivity index (χ4n) is 1.74. The number of halogens is 3. The molecule has 88 valence electrons. The molecule has 17 heavy (non-hydrogen) atoms. The molecule has 0 nitrogen and oxygen atoms in total. The Kier molecular flexibility index (Phi) is 4.45. The van der Waals surface area contributed by atoms with Crippen molar-refractivity contribution in [2.24, 2.45) is 0 Å². The van der Waals surface area contributed by atoms with Crippen molar-refractivity contribution in [1.29, 1.82) is 0 Å². The molecule has 1 unspecified atom stereocenters. The average Bonchev–Trinajstić information content (AvgIpc) is 2.28. The first-order chi connectivity index (χ1) is 8.06. The van der Waals surface area contributed by atoms with Crippen molar-refractivity contribution in [1.82, 2.24) is 0 Å². The maximum Gasteiger partial charge on any atom is 0.0645 e. The van der Waals surface area contributed by atoms with Crippen LogP contribution in [0.3, 0.4) is 0 Å². The summed E-state index contributed by atoms with van der Waals surface area (Å²) < 4.78 is 2.22. The van der Waals surface area contributed by atoms with Gasteiger partial charge in [0.15, 0.2) is 0 Å². The molecule has 0 aromatic heterocycles. The van der Waals surface area contributed by atoms with E-state index in [0.717, 1.165) is 8.95 Å². The molecule has 2 rings (SSSR count). The maximum atomic E-state index is 3.75. The van der Waals surface area contributed by atoms with Gasteiger partial charge in [0.05, 0.1) is 4.83 Å². The summed E-state index contributed by atoms with van der Waals surface area (Å²) in [4.78, 5) is 0.229. The normalized spacial score (nSPS) is 12.5. The number of hydrogen-bond acceptors (Lipinski definition) is 0. The van der Waals surface area contributed by atoms with Gasteiger partial charge in [0.1, 0.15) is 0 Å². The molecule has 0 saturated carbocycles. The van der Waals surface area contributed by atoms with Crippen molar-refractivity contribution in [2.45, 2.75) is 11.8 Å². The third kappa shape index (κ3) is 3.43. The van der Waals surface area contributed by atoms with Crippen molar-refractivity contribution in [3.05, 3.63) is 68.1 Å². The monoisotopic (exact) mass is 416 g/mol. The van der Waals surface area contributed by atoms with Crippen molar-refractivity contribution in [2.75, 3.05) is 0 Å². The summed E-state index contributed by atoms with van der Waals surface area (Å²) in [7, 11) is 0. The summed E-state index contributed by atoms with van der Waals surface area (Å²) >= 11 is 10.7.